The molecule has 1 fully saturated rings. The van der Waals surface area contributed by atoms with Gasteiger partial charge in [-0.1, -0.05) is 0 Å². The first-order chi connectivity index (χ1) is 11.6. The number of nitro groups is 1. The largest absolute Gasteiger partial charge is 0.476 e. The fourth-order valence-electron chi connectivity index (χ4n) is 2.60. The molecule has 25 heavy (non-hydrogen) atoms. The summed E-state index contributed by atoms with van der Waals surface area (Å²) in [7, 11) is 0. The second-order valence-corrected chi connectivity index (χ2v) is 5.54. The maximum absolute atomic E-state index is 13.5. The molecule has 0 radical (unpaired) electrons. The van der Waals surface area contributed by atoms with Crippen molar-refractivity contribution < 1.29 is 28.0 Å². The number of rotatable bonds is 4. The van der Waals surface area contributed by atoms with Gasteiger partial charge in [-0.25, -0.2) is 22.6 Å². The zero-order valence-corrected chi connectivity index (χ0v) is 12.7. The molecule has 0 spiro atoms. The van der Waals surface area contributed by atoms with Gasteiger partial charge in [-0.05, 0) is 31.2 Å². The first kappa shape index (κ1) is 16.7. The van der Waals surface area contributed by atoms with E-state index in [0.29, 0.717) is 0 Å². The predicted molar refractivity (Wildman–Crippen MR) is 78.9 cm³/mol. The minimum atomic E-state index is -3.07. The maximum Gasteiger partial charge on any atom is 0.363 e. The van der Waals surface area contributed by atoms with Crippen LogP contribution in [0.1, 0.15) is 17.4 Å². The third-order valence-corrected chi connectivity index (χ3v) is 4.03. The lowest BCUT2D eigenvalue weighted by Gasteiger charge is -2.46. The number of carboxylic acid groups (broad SMARTS) is 1. The number of aromatic carboxylic acids is 1. The van der Waals surface area contributed by atoms with Gasteiger partial charge in [0.05, 0.1) is 23.2 Å². The van der Waals surface area contributed by atoms with E-state index in [1.165, 1.54) is 12.1 Å². The van der Waals surface area contributed by atoms with Crippen molar-refractivity contribution in [3.63, 3.8) is 0 Å². The van der Waals surface area contributed by atoms with E-state index >= 15 is 0 Å². The van der Waals surface area contributed by atoms with Crippen LogP contribution in [0.25, 0.3) is 5.69 Å². The highest BCUT2D eigenvalue weighted by atomic mass is 19.3. The van der Waals surface area contributed by atoms with Crippen LogP contribution in [-0.4, -0.2) is 44.3 Å². The van der Waals surface area contributed by atoms with Gasteiger partial charge in [0, 0.05) is 0 Å². The molecule has 1 aromatic carbocycles. The van der Waals surface area contributed by atoms with Gasteiger partial charge < -0.3 is 10.0 Å². The molecule has 1 aliphatic heterocycles. The Morgan fingerprint density at radius 3 is 2.44 bits per heavy atom. The molecule has 11 heteroatoms. The SMILES string of the molecule is C[C@H]1N(c2c([N+](=O)[O-])c(C(=O)O)nn2-c2ccc(F)cc2)CC1(F)F. The standard InChI is InChI=1S/C14H11F3N4O4/c1-7-14(16,17)6-19(7)12-11(21(24)25)10(13(22)23)18-20(12)9-4-2-8(15)3-5-9/h2-5,7H,6H2,1H3,(H,22,23)/t7-/m1/s1. The molecule has 1 atom stereocenters. The molecule has 0 saturated carbocycles. The Morgan fingerprint density at radius 2 is 2.00 bits per heavy atom. The third-order valence-electron chi connectivity index (χ3n) is 4.03. The highest BCUT2D eigenvalue weighted by molar-refractivity contribution is 5.93. The number of hydrogen-bond donors (Lipinski definition) is 1. The predicted octanol–water partition coefficient (Wildman–Crippen LogP) is 2.46. The molecular formula is C14H11F3N4O4. The highest BCUT2D eigenvalue weighted by Gasteiger charge is 2.55. The summed E-state index contributed by atoms with van der Waals surface area (Å²) in [6.45, 7) is 0.344. The van der Waals surface area contributed by atoms with Crippen LogP contribution in [0.15, 0.2) is 24.3 Å². The van der Waals surface area contributed by atoms with Crippen LogP contribution in [-0.2, 0) is 0 Å². The molecule has 1 aliphatic rings. The Hall–Kier alpha value is -3.11. The molecule has 1 saturated heterocycles. The molecule has 8 nitrogen and oxygen atoms in total. The first-order valence-corrected chi connectivity index (χ1v) is 7.04. The van der Waals surface area contributed by atoms with Crippen LogP contribution in [0.3, 0.4) is 0 Å². The molecule has 132 valence electrons. The average Bonchev–Trinajstić information content (AvgIpc) is 2.93. The molecule has 0 amide bonds. The monoisotopic (exact) mass is 356 g/mol. The molecule has 1 N–H and O–H groups in total. The summed E-state index contributed by atoms with van der Waals surface area (Å²) in [6, 6.07) is 3.12. The number of halogens is 3. The fourth-order valence-corrected chi connectivity index (χ4v) is 2.60. The lowest BCUT2D eigenvalue weighted by molar-refractivity contribution is -0.384. The number of nitrogens with zero attached hydrogens (tertiary/aromatic N) is 4. The summed E-state index contributed by atoms with van der Waals surface area (Å²) in [5.74, 6) is -5.72. The second-order valence-electron chi connectivity index (χ2n) is 5.54. The average molecular weight is 356 g/mol. The van der Waals surface area contributed by atoms with Crippen LogP contribution < -0.4 is 4.90 Å². The van der Waals surface area contributed by atoms with Gasteiger partial charge in [-0.15, -0.1) is 0 Å². The number of anilines is 1. The van der Waals surface area contributed by atoms with Crippen LogP contribution in [0.2, 0.25) is 0 Å². The molecule has 2 aromatic rings. The van der Waals surface area contributed by atoms with Crippen LogP contribution in [0.5, 0.6) is 0 Å². The van der Waals surface area contributed by atoms with Crippen molar-refractivity contribution in [3.8, 4) is 5.69 Å². The van der Waals surface area contributed by atoms with Crippen LogP contribution in [0.4, 0.5) is 24.7 Å². The molecule has 3 rings (SSSR count). The summed E-state index contributed by atoms with van der Waals surface area (Å²) in [5.41, 5.74) is -1.67. The number of hydrogen-bond acceptors (Lipinski definition) is 5. The Bertz CT molecular complexity index is 866. The van der Waals surface area contributed by atoms with E-state index in [9.17, 15) is 33.2 Å². The first-order valence-electron chi connectivity index (χ1n) is 7.04. The van der Waals surface area contributed by atoms with Crippen molar-refractivity contribution in [2.45, 2.75) is 18.9 Å². The molecule has 0 bridgehead atoms. The lowest BCUT2D eigenvalue weighted by Crippen LogP contribution is -2.64. The summed E-state index contributed by atoms with van der Waals surface area (Å²) in [6.07, 6.45) is 0. The van der Waals surface area contributed by atoms with E-state index in [1.807, 2.05) is 0 Å². The Kier molecular flexibility index (Phi) is 3.66. The fraction of sp³-hybridized carbons (Fsp3) is 0.286. The minimum Gasteiger partial charge on any atom is -0.476 e. The lowest BCUT2D eigenvalue weighted by atomic mass is 10.00. The van der Waals surface area contributed by atoms with Gasteiger partial charge in [0.1, 0.15) is 5.82 Å². The van der Waals surface area contributed by atoms with Crippen molar-refractivity contribution in [3.05, 3.63) is 45.9 Å². The van der Waals surface area contributed by atoms with Crippen LogP contribution in [0, 0.1) is 15.9 Å². The number of benzene rings is 1. The Balaban J connectivity index is 2.24. The van der Waals surface area contributed by atoms with Gasteiger partial charge in [-0.3, -0.25) is 10.1 Å². The maximum atomic E-state index is 13.5. The summed E-state index contributed by atoms with van der Waals surface area (Å²) < 4.78 is 41.1. The summed E-state index contributed by atoms with van der Waals surface area (Å²) >= 11 is 0. The minimum absolute atomic E-state index is 0.106. The van der Waals surface area contributed by atoms with E-state index in [2.05, 4.69) is 5.10 Å². The Labute approximate surface area is 138 Å². The topological polar surface area (TPSA) is 102 Å². The van der Waals surface area contributed by atoms with Crippen molar-refractivity contribution in [1.29, 1.82) is 0 Å². The number of carboxylic acids is 1. The molecule has 1 aromatic heterocycles. The number of alkyl halides is 2. The van der Waals surface area contributed by atoms with Gasteiger partial charge in [0.2, 0.25) is 11.5 Å². The number of aromatic nitrogens is 2. The van der Waals surface area contributed by atoms with E-state index in [-0.39, 0.29) is 11.5 Å². The number of carbonyl (C=O) groups is 1. The van der Waals surface area contributed by atoms with Gasteiger partial charge in [-0.2, -0.15) is 5.10 Å². The van der Waals surface area contributed by atoms with Gasteiger partial charge in [0.25, 0.3) is 5.92 Å². The quantitative estimate of drug-likeness (QED) is 0.667. The second kappa shape index (κ2) is 5.46. The van der Waals surface area contributed by atoms with E-state index in [0.717, 1.165) is 28.6 Å². The third kappa shape index (κ3) is 2.57. The van der Waals surface area contributed by atoms with Crippen LogP contribution >= 0.6 is 0 Å². The van der Waals surface area contributed by atoms with E-state index in [1.54, 1.807) is 0 Å². The smallest absolute Gasteiger partial charge is 0.363 e. The molecule has 2 heterocycles. The van der Waals surface area contributed by atoms with Crippen molar-refractivity contribution in [1.82, 2.24) is 9.78 Å². The summed E-state index contributed by atoms with van der Waals surface area (Å²) in [5, 5.41) is 24.2. The zero-order valence-electron chi connectivity index (χ0n) is 12.7. The summed E-state index contributed by atoms with van der Waals surface area (Å²) in [4.78, 5) is 22.7. The van der Waals surface area contributed by atoms with Crippen molar-refractivity contribution in [2.24, 2.45) is 0 Å². The van der Waals surface area contributed by atoms with E-state index < -0.39 is 46.6 Å². The van der Waals surface area contributed by atoms with Gasteiger partial charge >= 0.3 is 11.7 Å². The normalized spacial score (nSPS) is 18.7. The highest BCUT2D eigenvalue weighted by Crippen LogP contribution is 2.44. The zero-order chi connectivity index (χ0) is 18.5. The van der Waals surface area contributed by atoms with Crippen molar-refractivity contribution in [2.75, 3.05) is 11.4 Å². The van der Waals surface area contributed by atoms with Crippen molar-refractivity contribution >= 4 is 17.5 Å². The van der Waals surface area contributed by atoms with E-state index in [4.69, 9.17) is 0 Å². The van der Waals surface area contributed by atoms with Gasteiger partial charge in [0.15, 0.2) is 0 Å². The molecular weight excluding hydrogens is 345 g/mol. The molecule has 0 unspecified atom stereocenters. The molecule has 0 aliphatic carbocycles. The Morgan fingerprint density at radius 1 is 1.40 bits per heavy atom.